The van der Waals surface area contributed by atoms with Crippen molar-refractivity contribution in [3.8, 4) is 11.1 Å². The van der Waals surface area contributed by atoms with Gasteiger partial charge in [-0.2, -0.15) is 0 Å². The van der Waals surface area contributed by atoms with Crippen LogP contribution in [0.4, 0.5) is 0 Å². The van der Waals surface area contributed by atoms with Crippen LogP contribution in [0.15, 0.2) is 54.6 Å². The van der Waals surface area contributed by atoms with Crippen molar-refractivity contribution >= 4 is 46.4 Å². The summed E-state index contributed by atoms with van der Waals surface area (Å²) in [5.41, 5.74) is 16.0. The van der Waals surface area contributed by atoms with Crippen molar-refractivity contribution in [1.82, 2.24) is 0 Å². The third kappa shape index (κ3) is 6.76. The molecule has 0 amide bonds. The Morgan fingerprint density at radius 3 is 1.55 bits per heavy atom. The minimum Gasteiger partial charge on any atom is -0.0872 e. The second-order valence-electron chi connectivity index (χ2n) is 17.5. The van der Waals surface area contributed by atoms with E-state index in [-0.39, 0.29) is 0 Å². The van der Waals surface area contributed by atoms with Crippen molar-refractivity contribution in [3.05, 3.63) is 110 Å². The van der Waals surface area contributed by atoms with Gasteiger partial charge in [0.25, 0.3) is 0 Å². The predicted octanol–water partition coefficient (Wildman–Crippen LogP) is 12.8. The highest BCUT2D eigenvalue weighted by molar-refractivity contribution is 6.52. The normalized spacial score (nSPS) is 14.8. The van der Waals surface area contributed by atoms with E-state index in [2.05, 4.69) is 171 Å². The van der Waals surface area contributed by atoms with Crippen LogP contribution in [0.25, 0.3) is 44.8 Å². The molecule has 0 bridgehead atoms. The number of fused-ring (bicyclic) bond motifs is 5. The Morgan fingerprint density at radius 2 is 1.06 bits per heavy atom. The minimum atomic E-state index is 0.376. The highest BCUT2D eigenvalue weighted by atomic mass is 14.3. The molecule has 0 N–H and O–H groups in total. The number of aryl methyl sites for hydroxylation is 1. The SMILES string of the molecule is C[B]c1cc2c(cc(C)c3cc(-c4c(C(C)C)cc(C(C)C)cc4C(C)C)ccc32)c2c1=CC(c1c(C(C)C)cc(C(C)C)cc1C(C)C)CC=2. The van der Waals surface area contributed by atoms with E-state index in [1.165, 1.54) is 87.5 Å². The molecule has 1 aliphatic carbocycles. The average molecular weight is 674 g/mol. The van der Waals surface area contributed by atoms with Gasteiger partial charge in [-0.15, -0.1) is 0 Å². The van der Waals surface area contributed by atoms with Crippen molar-refractivity contribution < 1.29 is 0 Å². The standard InChI is InChI=1S/C50H62B/c1-27(2)36-22-40(29(5)6)49(41(23-36)30(7)8)34-15-17-38-44(20-34)33(13)19-45-39-18-16-35(21-47(39)48(51-14)26-46(38)45)50-42(31(9)10)24-37(28(3)4)25-43(50)32(11)12/h15,17-32,35H,16H2,1-14H3. The van der Waals surface area contributed by atoms with E-state index in [4.69, 9.17) is 0 Å². The Morgan fingerprint density at radius 1 is 0.529 bits per heavy atom. The zero-order chi connectivity index (χ0) is 37.0. The summed E-state index contributed by atoms with van der Waals surface area (Å²) in [4.78, 5) is 0. The van der Waals surface area contributed by atoms with Gasteiger partial charge in [0, 0.05) is 5.92 Å². The molecule has 265 valence electrons. The van der Waals surface area contributed by atoms with Gasteiger partial charge in [0.15, 0.2) is 0 Å². The van der Waals surface area contributed by atoms with Gasteiger partial charge in [0.05, 0.1) is 0 Å². The molecule has 0 saturated carbocycles. The maximum Gasteiger partial charge on any atom is 0.149 e. The Kier molecular flexibility index (Phi) is 10.5. The average Bonchev–Trinajstić information content (AvgIpc) is 3.09. The van der Waals surface area contributed by atoms with Crippen molar-refractivity contribution in [2.45, 2.75) is 145 Å². The summed E-state index contributed by atoms with van der Waals surface area (Å²) < 4.78 is 0. The first-order valence-corrected chi connectivity index (χ1v) is 20.0. The second-order valence-corrected chi connectivity index (χ2v) is 17.5. The maximum atomic E-state index is 2.62. The first-order valence-electron chi connectivity index (χ1n) is 20.0. The van der Waals surface area contributed by atoms with Gasteiger partial charge in [-0.3, -0.25) is 0 Å². The number of benzene rings is 5. The van der Waals surface area contributed by atoms with Gasteiger partial charge in [-0.05, 0) is 143 Å². The summed E-state index contributed by atoms with van der Waals surface area (Å²) in [6, 6.07) is 22.3. The first-order chi connectivity index (χ1) is 24.1. The van der Waals surface area contributed by atoms with E-state index in [0.29, 0.717) is 41.4 Å². The maximum absolute atomic E-state index is 2.62. The molecule has 1 aliphatic rings. The molecule has 1 radical (unpaired) electrons. The fourth-order valence-electron chi connectivity index (χ4n) is 8.78. The number of hydrogen-bond acceptors (Lipinski definition) is 0. The summed E-state index contributed by atoms with van der Waals surface area (Å²) in [7, 11) is 2.33. The van der Waals surface area contributed by atoms with Crippen molar-refractivity contribution in [2.24, 2.45) is 0 Å². The van der Waals surface area contributed by atoms with Gasteiger partial charge in [0.1, 0.15) is 7.28 Å². The molecule has 0 spiro atoms. The molecule has 0 aliphatic heterocycles. The summed E-state index contributed by atoms with van der Waals surface area (Å²) in [6.45, 7) is 32.7. The second kappa shape index (κ2) is 14.4. The van der Waals surface area contributed by atoms with Crippen LogP contribution >= 0.6 is 0 Å². The smallest absolute Gasteiger partial charge is 0.0872 e. The summed E-state index contributed by atoms with van der Waals surface area (Å²) in [6.07, 6.45) is 6.23. The lowest BCUT2D eigenvalue weighted by Crippen LogP contribution is -2.44. The predicted molar refractivity (Wildman–Crippen MR) is 229 cm³/mol. The van der Waals surface area contributed by atoms with Gasteiger partial charge < -0.3 is 0 Å². The lowest BCUT2D eigenvalue weighted by molar-refractivity contribution is 0.755. The van der Waals surface area contributed by atoms with E-state index >= 15 is 0 Å². The summed E-state index contributed by atoms with van der Waals surface area (Å²) in [5, 5.41) is 8.30. The molecule has 5 aromatic rings. The fourth-order valence-corrected chi connectivity index (χ4v) is 8.78. The molecule has 1 heteroatoms. The Hall–Kier alpha value is -3.58. The third-order valence-corrected chi connectivity index (χ3v) is 11.8. The lowest BCUT2D eigenvalue weighted by Gasteiger charge is -2.28. The van der Waals surface area contributed by atoms with Crippen molar-refractivity contribution in [3.63, 3.8) is 0 Å². The van der Waals surface area contributed by atoms with E-state index in [1.807, 2.05) is 0 Å². The first kappa shape index (κ1) is 37.2. The molecular formula is C50H62B. The third-order valence-electron chi connectivity index (χ3n) is 11.8. The molecule has 6 rings (SSSR count). The van der Waals surface area contributed by atoms with Crippen LogP contribution in [0.3, 0.4) is 0 Å². The van der Waals surface area contributed by atoms with Gasteiger partial charge in [-0.1, -0.05) is 156 Å². The highest BCUT2D eigenvalue weighted by Gasteiger charge is 2.25. The molecule has 0 fully saturated rings. The topological polar surface area (TPSA) is 0 Å². The lowest BCUT2D eigenvalue weighted by atomic mass is 9.69. The van der Waals surface area contributed by atoms with Crippen LogP contribution in [0.5, 0.6) is 0 Å². The summed E-state index contributed by atoms with van der Waals surface area (Å²) >= 11 is 0. The minimum absolute atomic E-state index is 0.376. The Labute approximate surface area is 310 Å². The quantitative estimate of drug-likeness (QED) is 0.108. The Bertz CT molecular complexity index is 2180. The van der Waals surface area contributed by atoms with Crippen LogP contribution in [-0.4, -0.2) is 7.28 Å². The zero-order valence-electron chi connectivity index (χ0n) is 34.2. The van der Waals surface area contributed by atoms with E-state index in [1.54, 1.807) is 5.56 Å². The molecule has 0 heterocycles. The van der Waals surface area contributed by atoms with Gasteiger partial charge >= 0.3 is 0 Å². The number of hydrogen-bond donors (Lipinski definition) is 0. The van der Waals surface area contributed by atoms with E-state index in [9.17, 15) is 0 Å². The van der Waals surface area contributed by atoms with Crippen LogP contribution in [-0.2, 0) is 0 Å². The van der Waals surface area contributed by atoms with Crippen LogP contribution in [0, 0.1) is 6.92 Å². The molecule has 51 heavy (non-hydrogen) atoms. The molecule has 0 nitrogen and oxygen atoms in total. The fraction of sp³-hybridized carbons (Fsp3) is 0.440. The molecule has 1 unspecified atom stereocenters. The van der Waals surface area contributed by atoms with Crippen molar-refractivity contribution in [2.75, 3.05) is 0 Å². The van der Waals surface area contributed by atoms with Crippen molar-refractivity contribution in [1.29, 1.82) is 0 Å². The molecule has 0 saturated heterocycles. The zero-order valence-corrected chi connectivity index (χ0v) is 34.2. The van der Waals surface area contributed by atoms with E-state index < -0.39 is 0 Å². The molecule has 1 atom stereocenters. The summed E-state index contributed by atoms with van der Waals surface area (Å²) in [5.74, 6) is 3.30. The molecule has 5 aromatic carbocycles. The van der Waals surface area contributed by atoms with Gasteiger partial charge in [-0.25, -0.2) is 0 Å². The van der Waals surface area contributed by atoms with Crippen LogP contribution in [0.2, 0.25) is 6.82 Å². The largest absolute Gasteiger partial charge is 0.149 e. The molecule has 0 aromatic heterocycles. The number of rotatable bonds is 9. The Balaban J connectivity index is 1.58. The van der Waals surface area contributed by atoms with Crippen LogP contribution < -0.4 is 15.9 Å². The van der Waals surface area contributed by atoms with Gasteiger partial charge in [0.2, 0.25) is 0 Å². The van der Waals surface area contributed by atoms with Crippen LogP contribution in [0.1, 0.15) is 175 Å². The van der Waals surface area contributed by atoms with E-state index in [0.717, 1.165) is 6.42 Å². The monoisotopic (exact) mass is 673 g/mol. The molecular weight excluding hydrogens is 611 g/mol. The highest BCUT2D eigenvalue weighted by Crippen LogP contribution is 2.42.